The third-order valence-electron chi connectivity index (χ3n) is 4.95. The number of rotatable bonds is 4. The lowest BCUT2D eigenvalue weighted by Crippen LogP contribution is -2.53. The van der Waals surface area contributed by atoms with Gasteiger partial charge in [-0.2, -0.15) is 0 Å². The van der Waals surface area contributed by atoms with Crippen LogP contribution >= 0.6 is 11.6 Å². The molecule has 2 saturated heterocycles. The van der Waals surface area contributed by atoms with Gasteiger partial charge in [-0.05, 0) is 18.6 Å². The quantitative estimate of drug-likeness (QED) is 0.683. The maximum Gasteiger partial charge on any atom is 0.321 e. The van der Waals surface area contributed by atoms with E-state index in [1.54, 1.807) is 29.2 Å². The Bertz CT molecular complexity index is 899. The molecule has 0 aliphatic carbocycles. The molecule has 0 spiro atoms. The fourth-order valence-electron chi connectivity index (χ4n) is 3.41. The summed E-state index contributed by atoms with van der Waals surface area (Å²) in [5, 5.41) is 5.14. The molecule has 2 aliphatic rings. The van der Waals surface area contributed by atoms with Crippen LogP contribution in [0, 0.1) is 0 Å². The number of carbonyl (C=O) groups excluding carboxylic acids is 3. The van der Waals surface area contributed by atoms with Crippen LogP contribution in [0.3, 0.4) is 0 Å². The van der Waals surface area contributed by atoms with Crippen molar-refractivity contribution in [3.8, 4) is 0 Å². The van der Waals surface area contributed by atoms with Crippen molar-refractivity contribution in [3.63, 3.8) is 0 Å². The number of nitrogens with one attached hydrogen (secondary N) is 2. The van der Waals surface area contributed by atoms with Crippen LogP contribution in [0.2, 0.25) is 5.02 Å². The highest BCUT2D eigenvalue weighted by Gasteiger charge is 2.29. The molecule has 0 aromatic heterocycles. The zero-order valence-electron chi connectivity index (χ0n) is 15.8. The molecule has 11 heteroatoms. The van der Waals surface area contributed by atoms with Crippen molar-refractivity contribution >= 4 is 39.3 Å². The molecule has 1 atom stereocenters. The van der Waals surface area contributed by atoms with E-state index >= 15 is 0 Å². The number of hydrogen-bond acceptors (Lipinski definition) is 6. The Hall–Kier alpha value is -2.17. The van der Waals surface area contributed by atoms with Crippen molar-refractivity contribution < 1.29 is 22.8 Å². The topological polar surface area (TPSA) is 116 Å². The first-order chi connectivity index (χ1) is 13.7. The predicted octanol–water partition coefficient (Wildman–Crippen LogP) is 0.111. The van der Waals surface area contributed by atoms with Gasteiger partial charge in [0.05, 0.1) is 28.6 Å². The van der Waals surface area contributed by atoms with Crippen LogP contribution in [0.1, 0.15) is 16.8 Å². The molecule has 1 aromatic carbocycles. The summed E-state index contributed by atoms with van der Waals surface area (Å²) in [6.07, 6.45) is 0.353. The number of nitrogens with zero attached hydrogens (tertiary/aromatic N) is 2. The number of imide groups is 1. The smallest absolute Gasteiger partial charge is 0.321 e. The second kappa shape index (κ2) is 9.10. The van der Waals surface area contributed by atoms with Gasteiger partial charge in [0.2, 0.25) is 5.91 Å². The molecule has 4 amide bonds. The number of piperazine rings is 1. The molecule has 0 saturated carbocycles. The molecule has 9 nitrogen and oxygen atoms in total. The lowest BCUT2D eigenvalue weighted by molar-refractivity contribution is -0.121. The SMILES string of the molecule is O=C(CN1CCN(C(=O)c2ccccc2Cl)CC1)NC(=O)NC1CCS(=O)(=O)C1. The number of sulfone groups is 1. The van der Waals surface area contributed by atoms with Crippen molar-refractivity contribution in [2.24, 2.45) is 0 Å². The zero-order chi connectivity index (χ0) is 21.0. The first-order valence-corrected chi connectivity index (χ1v) is 11.5. The minimum Gasteiger partial charge on any atom is -0.336 e. The number of amides is 4. The first-order valence-electron chi connectivity index (χ1n) is 9.30. The largest absolute Gasteiger partial charge is 0.336 e. The average Bonchev–Trinajstić information content (AvgIpc) is 3.00. The van der Waals surface area contributed by atoms with E-state index in [1.807, 2.05) is 4.90 Å². The van der Waals surface area contributed by atoms with Crippen LogP contribution in [0.4, 0.5) is 4.79 Å². The minimum absolute atomic E-state index is 0.0184. The Morgan fingerprint density at radius 1 is 1.10 bits per heavy atom. The van der Waals surface area contributed by atoms with Crippen LogP contribution in [0.5, 0.6) is 0 Å². The molecule has 0 radical (unpaired) electrons. The lowest BCUT2D eigenvalue weighted by atomic mass is 10.2. The molecule has 158 valence electrons. The molecular formula is C18H23ClN4O5S. The third kappa shape index (κ3) is 5.91. The van der Waals surface area contributed by atoms with E-state index in [1.165, 1.54) is 0 Å². The second-order valence-electron chi connectivity index (χ2n) is 7.17. The van der Waals surface area contributed by atoms with Crippen LogP contribution in [0.25, 0.3) is 0 Å². The van der Waals surface area contributed by atoms with Crippen molar-refractivity contribution in [1.82, 2.24) is 20.4 Å². The van der Waals surface area contributed by atoms with Gasteiger partial charge < -0.3 is 10.2 Å². The van der Waals surface area contributed by atoms with Crippen LogP contribution < -0.4 is 10.6 Å². The number of urea groups is 1. The standard InChI is InChI=1S/C18H23ClN4O5S/c19-15-4-2-1-3-14(15)17(25)23-8-6-22(7-9-23)11-16(24)21-18(26)20-13-5-10-29(27,28)12-13/h1-4,13H,5-12H2,(H2,20,21,24,26). The highest BCUT2D eigenvalue weighted by atomic mass is 35.5. The van der Waals surface area contributed by atoms with E-state index in [0.29, 0.717) is 43.2 Å². The summed E-state index contributed by atoms with van der Waals surface area (Å²) in [7, 11) is -3.10. The Balaban J connectivity index is 1.41. The Morgan fingerprint density at radius 2 is 1.79 bits per heavy atom. The monoisotopic (exact) mass is 442 g/mol. The highest BCUT2D eigenvalue weighted by Crippen LogP contribution is 2.18. The number of hydrogen-bond donors (Lipinski definition) is 2. The molecule has 0 bridgehead atoms. The fraction of sp³-hybridized carbons (Fsp3) is 0.500. The van der Waals surface area contributed by atoms with E-state index in [0.717, 1.165) is 0 Å². The van der Waals surface area contributed by atoms with Gasteiger partial charge in [0.15, 0.2) is 9.84 Å². The van der Waals surface area contributed by atoms with Crippen molar-refractivity contribution in [2.75, 3.05) is 44.2 Å². The van der Waals surface area contributed by atoms with Gasteiger partial charge >= 0.3 is 6.03 Å². The summed E-state index contributed by atoms with van der Waals surface area (Å²) in [5.41, 5.74) is 0.450. The Labute approximate surface area is 174 Å². The van der Waals surface area contributed by atoms with E-state index in [-0.39, 0.29) is 24.0 Å². The summed E-state index contributed by atoms with van der Waals surface area (Å²) in [5.74, 6) is -0.682. The summed E-state index contributed by atoms with van der Waals surface area (Å²) in [6.45, 7) is 1.90. The summed E-state index contributed by atoms with van der Waals surface area (Å²) >= 11 is 6.08. The lowest BCUT2D eigenvalue weighted by Gasteiger charge is -2.34. The molecule has 3 rings (SSSR count). The summed E-state index contributed by atoms with van der Waals surface area (Å²) in [6, 6.07) is 5.71. The molecule has 2 fully saturated rings. The van der Waals surface area contributed by atoms with Crippen molar-refractivity contribution in [3.05, 3.63) is 34.9 Å². The third-order valence-corrected chi connectivity index (χ3v) is 7.05. The summed E-state index contributed by atoms with van der Waals surface area (Å²) < 4.78 is 22.8. The van der Waals surface area contributed by atoms with Gasteiger partial charge in [0, 0.05) is 32.2 Å². The Kier molecular flexibility index (Phi) is 6.76. The highest BCUT2D eigenvalue weighted by molar-refractivity contribution is 7.91. The van der Waals surface area contributed by atoms with Crippen molar-refractivity contribution in [2.45, 2.75) is 12.5 Å². The molecule has 2 heterocycles. The normalized spacial score (nSPS) is 21.6. The summed E-state index contributed by atoms with van der Waals surface area (Å²) in [4.78, 5) is 40.0. The van der Waals surface area contributed by atoms with Gasteiger partial charge in [0.25, 0.3) is 5.91 Å². The minimum atomic E-state index is -3.10. The molecule has 29 heavy (non-hydrogen) atoms. The molecule has 2 aliphatic heterocycles. The molecule has 1 aromatic rings. The van der Waals surface area contributed by atoms with Gasteiger partial charge in [-0.15, -0.1) is 0 Å². The van der Waals surface area contributed by atoms with E-state index in [2.05, 4.69) is 10.6 Å². The van der Waals surface area contributed by atoms with E-state index < -0.39 is 27.8 Å². The maximum atomic E-state index is 12.6. The fourth-order valence-corrected chi connectivity index (χ4v) is 5.30. The molecular weight excluding hydrogens is 420 g/mol. The van der Waals surface area contributed by atoms with Crippen molar-refractivity contribution in [1.29, 1.82) is 0 Å². The van der Waals surface area contributed by atoms with Gasteiger partial charge in [0.1, 0.15) is 0 Å². The van der Waals surface area contributed by atoms with Crippen LogP contribution in [-0.4, -0.2) is 86.3 Å². The van der Waals surface area contributed by atoms with E-state index in [4.69, 9.17) is 11.6 Å². The average molecular weight is 443 g/mol. The zero-order valence-corrected chi connectivity index (χ0v) is 17.3. The maximum absolute atomic E-state index is 12.6. The van der Waals surface area contributed by atoms with Gasteiger partial charge in [-0.1, -0.05) is 23.7 Å². The predicted molar refractivity (Wildman–Crippen MR) is 108 cm³/mol. The molecule has 1 unspecified atom stereocenters. The van der Waals surface area contributed by atoms with Crippen LogP contribution in [0.15, 0.2) is 24.3 Å². The van der Waals surface area contributed by atoms with Gasteiger partial charge in [-0.25, -0.2) is 13.2 Å². The molecule has 2 N–H and O–H groups in total. The number of benzene rings is 1. The van der Waals surface area contributed by atoms with Crippen LogP contribution in [-0.2, 0) is 14.6 Å². The van der Waals surface area contributed by atoms with E-state index in [9.17, 15) is 22.8 Å². The number of halogens is 1. The van der Waals surface area contributed by atoms with Gasteiger partial charge in [-0.3, -0.25) is 19.8 Å². The Morgan fingerprint density at radius 3 is 2.41 bits per heavy atom. The number of carbonyl (C=O) groups is 3. The second-order valence-corrected chi connectivity index (χ2v) is 9.81. The first kappa shape index (κ1) is 21.5.